The Labute approximate surface area is 114 Å². The van der Waals surface area contributed by atoms with Crippen molar-refractivity contribution < 1.29 is 4.79 Å². The van der Waals surface area contributed by atoms with Gasteiger partial charge in [0.1, 0.15) is 5.69 Å². The number of H-pyrrole nitrogens is 1. The second kappa shape index (κ2) is 5.37. The highest BCUT2D eigenvalue weighted by atomic mass is 16.2. The molecule has 1 aromatic rings. The minimum absolute atomic E-state index is 0.182. The molecule has 1 aliphatic heterocycles. The molecule has 0 atom stereocenters. The lowest BCUT2D eigenvalue weighted by Crippen LogP contribution is -2.47. The molecule has 1 fully saturated rings. The summed E-state index contributed by atoms with van der Waals surface area (Å²) in [6.07, 6.45) is 6.04. The van der Waals surface area contributed by atoms with Crippen LogP contribution in [0.4, 0.5) is 0 Å². The van der Waals surface area contributed by atoms with Gasteiger partial charge in [0.25, 0.3) is 5.91 Å². The van der Waals surface area contributed by atoms with Gasteiger partial charge in [0, 0.05) is 31.9 Å². The maximum Gasteiger partial charge on any atom is 0.270 e. The van der Waals surface area contributed by atoms with Gasteiger partial charge in [0.05, 0.1) is 0 Å². The van der Waals surface area contributed by atoms with E-state index in [9.17, 15) is 4.79 Å². The van der Waals surface area contributed by atoms with Crippen LogP contribution in [0, 0.1) is 0 Å². The molecule has 0 radical (unpaired) electrons. The summed E-state index contributed by atoms with van der Waals surface area (Å²) in [4.78, 5) is 20.1. The Hall–Kier alpha value is -1.29. The lowest BCUT2D eigenvalue weighted by Gasteiger charge is -2.32. The van der Waals surface area contributed by atoms with Crippen LogP contribution >= 0.6 is 0 Å². The molecule has 3 rings (SSSR count). The number of amides is 1. The lowest BCUT2D eigenvalue weighted by molar-refractivity contribution is 0.0658. The fourth-order valence-corrected chi connectivity index (χ4v) is 3.08. The Bertz CT molecular complexity index is 434. The minimum Gasteiger partial charge on any atom is -0.354 e. The Balaban J connectivity index is 1.73. The van der Waals surface area contributed by atoms with Crippen LogP contribution in [0.15, 0.2) is 6.07 Å². The average Bonchev–Trinajstić information content (AvgIpc) is 2.70. The summed E-state index contributed by atoms with van der Waals surface area (Å²) >= 11 is 0. The largest absolute Gasteiger partial charge is 0.354 e. The number of aromatic nitrogens is 1. The molecule has 0 spiro atoms. The summed E-state index contributed by atoms with van der Waals surface area (Å²) in [5.41, 5.74) is 3.47. The van der Waals surface area contributed by atoms with Crippen molar-refractivity contribution in [3.63, 3.8) is 0 Å². The number of nitrogens with zero attached hydrogens (tertiary/aromatic N) is 2. The van der Waals surface area contributed by atoms with E-state index in [0.29, 0.717) is 0 Å². The lowest BCUT2D eigenvalue weighted by atomic mass is 10.1. The zero-order valence-electron chi connectivity index (χ0n) is 11.7. The maximum absolute atomic E-state index is 12.5. The van der Waals surface area contributed by atoms with E-state index in [1.54, 1.807) is 0 Å². The van der Waals surface area contributed by atoms with Gasteiger partial charge in [-0.2, -0.15) is 0 Å². The van der Waals surface area contributed by atoms with Crippen molar-refractivity contribution in [2.24, 2.45) is 0 Å². The molecule has 1 N–H and O–H groups in total. The van der Waals surface area contributed by atoms with Crippen LogP contribution < -0.4 is 0 Å². The third kappa shape index (κ3) is 2.68. The fraction of sp³-hybridized carbons (Fsp3) is 0.667. The molecule has 4 nitrogen and oxygen atoms in total. The highest BCUT2D eigenvalue weighted by Gasteiger charge is 2.23. The van der Waals surface area contributed by atoms with Gasteiger partial charge in [-0.05, 0) is 44.4 Å². The van der Waals surface area contributed by atoms with Crippen LogP contribution in [0.1, 0.15) is 41.0 Å². The first-order valence-electron chi connectivity index (χ1n) is 7.42. The molecule has 2 heterocycles. The molecule has 1 aromatic heterocycles. The Morgan fingerprint density at radius 3 is 2.63 bits per heavy atom. The number of hydrogen-bond donors (Lipinski definition) is 1. The highest BCUT2D eigenvalue weighted by molar-refractivity contribution is 5.93. The van der Waals surface area contributed by atoms with E-state index in [-0.39, 0.29) is 5.91 Å². The molecule has 0 unspecified atom stereocenters. The van der Waals surface area contributed by atoms with Gasteiger partial charge in [0.15, 0.2) is 0 Å². The van der Waals surface area contributed by atoms with Crippen molar-refractivity contribution in [3.8, 4) is 0 Å². The number of aryl methyl sites for hydroxylation is 2. The quantitative estimate of drug-likeness (QED) is 0.781. The molecule has 4 heteroatoms. The van der Waals surface area contributed by atoms with E-state index in [0.717, 1.165) is 44.7 Å². The number of piperazine rings is 1. The molecule has 1 saturated heterocycles. The second-order valence-electron chi connectivity index (χ2n) is 5.84. The maximum atomic E-state index is 12.5. The van der Waals surface area contributed by atoms with Gasteiger partial charge in [-0.3, -0.25) is 4.79 Å². The number of likely N-dealkylation sites (N-methyl/N-ethyl adjacent to an activating group) is 1. The summed E-state index contributed by atoms with van der Waals surface area (Å²) in [6, 6.07) is 2.10. The number of carbonyl (C=O) groups is 1. The van der Waals surface area contributed by atoms with E-state index in [2.05, 4.69) is 23.0 Å². The average molecular weight is 261 g/mol. The molecule has 1 aliphatic carbocycles. The van der Waals surface area contributed by atoms with Gasteiger partial charge in [0.2, 0.25) is 0 Å². The van der Waals surface area contributed by atoms with Crippen LogP contribution in [0.3, 0.4) is 0 Å². The first-order chi connectivity index (χ1) is 9.24. The summed E-state index contributed by atoms with van der Waals surface area (Å²) in [5.74, 6) is 0.182. The SMILES string of the molecule is CN1CCN(C(=O)c2cc3c([nH]2)CCCCC3)CC1. The van der Waals surface area contributed by atoms with Crippen molar-refractivity contribution in [1.29, 1.82) is 0 Å². The van der Waals surface area contributed by atoms with Gasteiger partial charge in [-0.15, -0.1) is 0 Å². The zero-order valence-corrected chi connectivity index (χ0v) is 11.7. The van der Waals surface area contributed by atoms with Crippen LogP contribution in [-0.4, -0.2) is 53.9 Å². The number of rotatable bonds is 1. The third-order valence-corrected chi connectivity index (χ3v) is 4.39. The Morgan fingerprint density at radius 1 is 1.11 bits per heavy atom. The molecular weight excluding hydrogens is 238 g/mol. The summed E-state index contributed by atoms with van der Waals surface area (Å²) in [7, 11) is 2.11. The van der Waals surface area contributed by atoms with E-state index in [1.165, 1.54) is 30.5 Å². The third-order valence-electron chi connectivity index (χ3n) is 4.39. The van der Waals surface area contributed by atoms with Crippen LogP contribution in [0.5, 0.6) is 0 Å². The molecule has 0 bridgehead atoms. The van der Waals surface area contributed by atoms with Gasteiger partial charge >= 0.3 is 0 Å². The number of aromatic amines is 1. The van der Waals surface area contributed by atoms with Crippen LogP contribution in [-0.2, 0) is 12.8 Å². The van der Waals surface area contributed by atoms with Crippen molar-refractivity contribution in [3.05, 3.63) is 23.0 Å². The number of carbonyl (C=O) groups excluding carboxylic acids is 1. The number of hydrogen-bond acceptors (Lipinski definition) is 2. The summed E-state index contributed by atoms with van der Waals surface area (Å²) in [5, 5.41) is 0. The monoisotopic (exact) mass is 261 g/mol. The van der Waals surface area contributed by atoms with Crippen LogP contribution in [0.25, 0.3) is 0 Å². The number of nitrogens with one attached hydrogen (secondary N) is 1. The van der Waals surface area contributed by atoms with E-state index >= 15 is 0 Å². The molecule has 2 aliphatic rings. The standard InChI is InChI=1S/C15H23N3O/c1-17-7-9-18(10-8-17)15(19)14-11-12-5-3-2-4-6-13(12)16-14/h11,16H,2-10H2,1H3. The fourth-order valence-electron chi connectivity index (χ4n) is 3.08. The molecule has 0 aromatic carbocycles. The van der Waals surface area contributed by atoms with E-state index < -0.39 is 0 Å². The van der Waals surface area contributed by atoms with Gasteiger partial charge in [-0.25, -0.2) is 0 Å². The van der Waals surface area contributed by atoms with Gasteiger partial charge < -0.3 is 14.8 Å². The Morgan fingerprint density at radius 2 is 1.84 bits per heavy atom. The van der Waals surface area contributed by atoms with Crippen molar-refractivity contribution in [2.45, 2.75) is 32.1 Å². The second-order valence-corrected chi connectivity index (χ2v) is 5.84. The van der Waals surface area contributed by atoms with Crippen molar-refractivity contribution in [2.75, 3.05) is 33.2 Å². The smallest absolute Gasteiger partial charge is 0.270 e. The zero-order chi connectivity index (χ0) is 13.2. The Kier molecular flexibility index (Phi) is 3.60. The van der Waals surface area contributed by atoms with Crippen molar-refractivity contribution >= 4 is 5.91 Å². The highest BCUT2D eigenvalue weighted by Crippen LogP contribution is 2.22. The topological polar surface area (TPSA) is 39.3 Å². The normalized spacial score (nSPS) is 21.0. The van der Waals surface area contributed by atoms with Crippen LogP contribution in [0.2, 0.25) is 0 Å². The predicted molar refractivity (Wildman–Crippen MR) is 75.5 cm³/mol. The van der Waals surface area contributed by atoms with E-state index in [4.69, 9.17) is 0 Å². The molecule has 1 amide bonds. The molecule has 19 heavy (non-hydrogen) atoms. The molecular formula is C15H23N3O. The first-order valence-corrected chi connectivity index (χ1v) is 7.42. The molecule has 0 saturated carbocycles. The predicted octanol–water partition coefficient (Wildman–Crippen LogP) is 1.67. The van der Waals surface area contributed by atoms with Gasteiger partial charge in [-0.1, -0.05) is 6.42 Å². The number of fused-ring (bicyclic) bond motifs is 1. The summed E-state index contributed by atoms with van der Waals surface area (Å²) < 4.78 is 0. The minimum atomic E-state index is 0.182. The summed E-state index contributed by atoms with van der Waals surface area (Å²) in [6.45, 7) is 3.65. The first kappa shape index (κ1) is 12.7. The van der Waals surface area contributed by atoms with Crippen molar-refractivity contribution in [1.82, 2.24) is 14.8 Å². The van der Waals surface area contributed by atoms with E-state index in [1.807, 2.05) is 4.90 Å². The molecule has 104 valence electrons.